The number of aryl methyl sites for hydroxylation is 1. The van der Waals surface area contributed by atoms with Crippen molar-refractivity contribution in [2.45, 2.75) is 44.9 Å². The van der Waals surface area contributed by atoms with Crippen LogP contribution in [0.1, 0.15) is 60.0 Å². The van der Waals surface area contributed by atoms with E-state index in [2.05, 4.69) is 51.9 Å². The second kappa shape index (κ2) is 12.2. The van der Waals surface area contributed by atoms with Gasteiger partial charge in [-0.05, 0) is 31.7 Å². The summed E-state index contributed by atoms with van der Waals surface area (Å²) < 4.78 is 0. The number of benzene rings is 1. The second-order valence-electron chi connectivity index (χ2n) is 8.18. The smallest absolute Gasteiger partial charge is 0.290 e. The zero-order valence-electron chi connectivity index (χ0n) is 19.6. The maximum absolute atomic E-state index is 13.0. The third-order valence-corrected chi connectivity index (χ3v) is 6.86. The van der Waals surface area contributed by atoms with Crippen molar-refractivity contribution in [3.05, 3.63) is 70.8 Å². The lowest BCUT2D eigenvalue weighted by Crippen LogP contribution is -2.46. The van der Waals surface area contributed by atoms with Gasteiger partial charge in [0.2, 0.25) is 0 Å². The van der Waals surface area contributed by atoms with Crippen LogP contribution in [0.4, 0.5) is 5.13 Å². The molecule has 1 aliphatic rings. The lowest BCUT2D eigenvalue weighted by molar-refractivity contribution is -0.122. The van der Waals surface area contributed by atoms with Gasteiger partial charge in [-0.25, -0.2) is 15.0 Å². The van der Waals surface area contributed by atoms with Gasteiger partial charge in [0, 0.05) is 42.8 Å². The summed E-state index contributed by atoms with van der Waals surface area (Å²) in [7, 11) is 0. The van der Waals surface area contributed by atoms with Crippen LogP contribution < -0.4 is 5.32 Å². The zero-order chi connectivity index (χ0) is 24.4. The number of nitrogens with one attached hydrogen (secondary N) is 1. The summed E-state index contributed by atoms with van der Waals surface area (Å²) in [6, 6.07) is 10.6. The minimum Gasteiger partial charge on any atom is -0.483 e. The number of rotatable bonds is 7. The highest BCUT2D eigenvalue weighted by atomic mass is 32.1. The fraction of sp³-hybridized carbons (Fsp3) is 0.400. The van der Waals surface area contributed by atoms with E-state index in [1.165, 1.54) is 5.56 Å². The predicted molar refractivity (Wildman–Crippen MR) is 133 cm³/mol. The van der Waals surface area contributed by atoms with Crippen LogP contribution in [-0.2, 0) is 10.2 Å². The molecule has 0 atom stereocenters. The van der Waals surface area contributed by atoms with Crippen LogP contribution in [0.15, 0.2) is 48.1 Å². The van der Waals surface area contributed by atoms with E-state index in [0.29, 0.717) is 24.5 Å². The van der Waals surface area contributed by atoms with Gasteiger partial charge in [0.25, 0.3) is 12.4 Å². The Bertz CT molecular complexity index is 1050. The first-order valence-corrected chi connectivity index (χ1v) is 12.3. The van der Waals surface area contributed by atoms with Crippen molar-refractivity contribution in [2.75, 3.05) is 25.0 Å². The highest BCUT2D eigenvalue weighted by Crippen LogP contribution is 2.42. The summed E-state index contributed by atoms with van der Waals surface area (Å²) in [4.78, 5) is 36.6. The Morgan fingerprint density at radius 2 is 1.85 bits per heavy atom. The number of carbonyl (C=O) groups excluding carboxylic acids is 1. The fourth-order valence-electron chi connectivity index (χ4n) is 4.17. The van der Waals surface area contributed by atoms with E-state index in [1.807, 2.05) is 17.9 Å². The number of likely N-dealkylation sites (tertiary alicyclic amines) is 1. The van der Waals surface area contributed by atoms with Gasteiger partial charge in [-0.2, -0.15) is 0 Å². The number of carbonyl (C=O) groups is 2. The third kappa shape index (κ3) is 5.96. The summed E-state index contributed by atoms with van der Waals surface area (Å²) in [6.07, 6.45) is 7.23. The molecule has 2 N–H and O–H groups in total. The number of unbranched alkanes of at least 4 members (excludes halogenated alkanes) is 1. The van der Waals surface area contributed by atoms with Crippen LogP contribution in [0.25, 0.3) is 0 Å². The summed E-state index contributed by atoms with van der Waals surface area (Å²) >= 11 is 1.67. The fourth-order valence-corrected chi connectivity index (χ4v) is 5.01. The molecule has 34 heavy (non-hydrogen) atoms. The van der Waals surface area contributed by atoms with Crippen LogP contribution in [0, 0.1) is 6.92 Å². The monoisotopic (exact) mass is 481 g/mol. The summed E-state index contributed by atoms with van der Waals surface area (Å²) in [5.41, 5.74) is 2.75. The molecule has 9 heteroatoms. The summed E-state index contributed by atoms with van der Waals surface area (Å²) in [5.74, 6) is 0.673. The van der Waals surface area contributed by atoms with Crippen molar-refractivity contribution in [1.29, 1.82) is 0 Å². The van der Waals surface area contributed by atoms with Crippen molar-refractivity contribution in [3.8, 4) is 0 Å². The molecule has 1 amide bonds. The van der Waals surface area contributed by atoms with Gasteiger partial charge >= 0.3 is 0 Å². The van der Waals surface area contributed by atoms with Gasteiger partial charge in [-0.3, -0.25) is 9.59 Å². The number of nitrogens with zero attached hydrogens (tertiary/aromatic N) is 4. The van der Waals surface area contributed by atoms with Gasteiger partial charge in [0.15, 0.2) is 5.13 Å². The maximum atomic E-state index is 13.0. The number of hydrogen-bond donors (Lipinski definition) is 2. The first-order chi connectivity index (χ1) is 16.5. The van der Waals surface area contributed by atoms with E-state index in [-0.39, 0.29) is 17.8 Å². The lowest BCUT2D eigenvalue weighted by Gasteiger charge is -2.41. The molecule has 0 spiro atoms. The molecule has 8 nitrogen and oxygen atoms in total. The van der Waals surface area contributed by atoms with Gasteiger partial charge in [-0.1, -0.05) is 43.7 Å². The highest BCUT2D eigenvalue weighted by Gasteiger charge is 2.41. The molecule has 1 aromatic carbocycles. The molecular formula is C25H31N5O3S. The van der Waals surface area contributed by atoms with Gasteiger partial charge in [-0.15, -0.1) is 11.3 Å². The van der Waals surface area contributed by atoms with E-state index < -0.39 is 0 Å². The average molecular weight is 482 g/mol. The molecule has 0 bridgehead atoms. The Morgan fingerprint density at radius 3 is 2.47 bits per heavy atom. The lowest BCUT2D eigenvalue weighted by atomic mass is 9.70. The molecule has 0 aliphatic carbocycles. The highest BCUT2D eigenvalue weighted by molar-refractivity contribution is 7.13. The topological polar surface area (TPSA) is 108 Å². The van der Waals surface area contributed by atoms with Crippen molar-refractivity contribution < 1.29 is 14.7 Å². The molecule has 4 rings (SSSR count). The molecule has 1 aliphatic heterocycles. The molecule has 1 saturated heterocycles. The Kier molecular flexibility index (Phi) is 9.09. The minimum atomic E-state index is -0.250. The summed E-state index contributed by atoms with van der Waals surface area (Å²) in [6.45, 7) is 6.07. The van der Waals surface area contributed by atoms with Crippen molar-refractivity contribution in [3.63, 3.8) is 0 Å². The molecule has 3 aromatic rings. The molecule has 1 fully saturated rings. The molecule has 180 valence electrons. The second-order valence-corrected chi connectivity index (χ2v) is 9.04. The number of hydrogen-bond acceptors (Lipinski definition) is 7. The van der Waals surface area contributed by atoms with Crippen molar-refractivity contribution in [2.24, 2.45) is 0 Å². The van der Waals surface area contributed by atoms with Crippen molar-refractivity contribution >= 4 is 28.8 Å². The van der Waals surface area contributed by atoms with E-state index in [1.54, 1.807) is 23.7 Å². The minimum absolute atomic E-state index is 0.00172. The van der Waals surface area contributed by atoms with E-state index in [4.69, 9.17) is 14.9 Å². The maximum Gasteiger partial charge on any atom is 0.290 e. The number of thiazole rings is 1. The van der Waals surface area contributed by atoms with Crippen LogP contribution >= 0.6 is 11.3 Å². The molecule has 0 unspecified atom stereocenters. The number of piperidine rings is 1. The van der Waals surface area contributed by atoms with Gasteiger partial charge in [0.05, 0.1) is 11.3 Å². The molecule has 2 aromatic heterocycles. The number of anilines is 1. The molecule has 3 heterocycles. The Hall–Kier alpha value is -3.33. The van der Waals surface area contributed by atoms with Gasteiger partial charge in [0.1, 0.15) is 5.82 Å². The first kappa shape index (κ1) is 25.3. The normalized spacial score (nSPS) is 14.6. The number of carboxylic acid groups (broad SMARTS) is 1. The Labute approximate surface area is 204 Å². The SMILES string of the molecule is CCCCNc1nc(C2(c3ccccc3)CCN(C(=O)c3cnc(C)nc3)CC2)cs1.O=CO. The number of aromatic nitrogens is 3. The Balaban J connectivity index is 0.00000103. The predicted octanol–water partition coefficient (Wildman–Crippen LogP) is 4.38. The average Bonchev–Trinajstić information content (AvgIpc) is 3.35. The first-order valence-electron chi connectivity index (χ1n) is 11.4. The van der Waals surface area contributed by atoms with E-state index in [9.17, 15) is 4.79 Å². The van der Waals surface area contributed by atoms with Crippen molar-refractivity contribution in [1.82, 2.24) is 19.9 Å². The molecule has 0 radical (unpaired) electrons. The van der Waals surface area contributed by atoms with Crippen LogP contribution in [0.5, 0.6) is 0 Å². The van der Waals surface area contributed by atoms with Crippen LogP contribution in [0.3, 0.4) is 0 Å². The van der Waals surface area contributed by atoms with E-state index >= 15 is 0 Å². The van der Waals surface area contributed by atoms with Crippen LogP contribution in [-0.4, -0.2) is 57.0 Å². The standard InChI is InChI=1S/C24H29N5OS.CH2O2/c1-3-4-12-25-23-28-21(17-31-23)24(20-8-6-5-7-9-20)10-13-29(14-11-24)22(30)19-15-26-18(2)27-16-19;2-1-3/h5-9,15-17H,3-4,10-14H2,1-2H3,(H,25,28);1H,(H,2,3). The zero-order valence-corrected chi connectivity index (χ0v) is 20.4. The quantitative estimate of drug-likeness (QED) is 0.381. The summed E-state index contributed by atoms with van der Waals surface area (Å²) in [5, 5.41) is 13.5. The largest absolute Gasteiger partial charge is 0.483 e. The third-order valence-electron chi connectivity index (χ3n) is 6.06. The molecular weight excluding hydrogens is 450 g/mol. The molecule has 0 saturated carbocycles. The Morgan fingerprint density at radius 1 is 1.21 bits per heavy atom. The number of amides is 1. The van der Waals surface area contributed by atoms with Crippen LogP contribution in [0.2, 0.25) is 0 Å². The van der Waals surface area contributed by atoms with Gasteiger partial charge < -0.3 is 15.3 Å². The van der Waals surface area contributed by atoms with E-state index in [0.717, 1.165) is 43.1 Å².